The standard InChI is InChI=1S/C19H28O2/c1-19-9-8-15(21)11-13(19)3-5-17-16-6-4-14(20)10-12(16)2-7-18(17)19/h10,13,15-18,21H,2-9,11H2,1H3/t13-,15-,16+,17+,18-,19-/m0/s1. The van der Waals surface area contributed by atoms with E-state index in [0.29, 0.717) is 17.1 Å². The molecule has 0 aromatic heterocycles. The molecule has 4 aliphatic rings. The average Bonchev–Trinajstić information content (AvgIpc) is 2.47. The maximum absolute atomic E-state index is 11.7. The monoisotopic (exact) mass is 288 g/mol. The van der Waals surface area contributed by atoms with Gasteiger partial charge in [-0.3, -0.25) is 4.79 Å². The first-order chi connectivity index (χ1) is 10.1. The van der Waals surface area contributed by atoms with Gasteiger partial charge in [0.05, 0.1) is 6.10 Å². The Labute approximate surface area is 128 Å². The van der Waals surface area contributed by atoms with Gasteiger partial charge in [0.2, 0.25) is 0 Å². The number of rotatable bonds is 0. The minimum Gasteiger partial charge on any atom is -0.393 e. The molecule has 0 aromatic carbocycles. The molecule has 1 N–H and O–H groups in total. The third kappa shape index (κ3) is 2.13. The predicted molar refractivity (Wildman–Crippen MR) is 82.7 cm³/mol. The van der Waals surface area contributed by atoms with E-state index < -0.39 is 0 Å². The summed E-state index contributed by atoms with van der Waals surface area (Å²) in [4.78, 5) is 11.7. The van der Waals surface area contributed by atoms with Crippen LogP contribution in [0.2, 0.25) is 0 Å². The Morgan fingerprint density at radius 1 is 1.14 bits per heavy atom. The van der Waals surface area contributed by atoms with Crippen LogP contribution in [0.25, 0.3) is 0 Å². The van der Waals surface area contributed by atoms with Crippen LogP contribution in [0.15, 0.2) is 11.6 Å². The molecule has 21 heavy (non-hydrogen) atoms. The van der Waals surface area contributed by atoms with Gasteiger partial charge in [0, 0.05) is 6.42 Å². The first-order valence-corrected chi connectivity index (χ1v) is 8.99. The van der Waals surface area contributed by atoms with Crippen molar-refractivity contribution < 1.29 is 9.90 Å². The molecule has 116 valence electrons. The molecule has 2 nitrogen and oxygen atoms in total. The molecule has 0 heterocycles. The maximum atomic E-state index is 11.7. The number of aliphatic hydroxyl groups is 1. The number of aliphatic hydroxyl groups excluding tert-OH is 1. The van der Waals surface area contributed by atoms with Gasteiger partial charge in [0.15, 0.2) is 5.78 Å². The molecular weight excluding hydrogens is 260 g/mol. The zero-order valence-corrected chi connectivity index (χ0v) is 13.2. The minimum atomic E-state index is -0.0500. The van der Waals surface area contributed by atoms with E-state index in [2.05, 4.69) is 6.92 Å². The predicted octanol–water partition coefficient (Wildman–Crippen LogP) is 3.88. The maximum Gasteiger partial charge on any atom is 0.155 e. The zero-order valence-electron chi connectivity index (χ0n) is 13.2. The molecule has 0 amide bonds. The summed E-state index contributed by atoms with van der Waals surface area (Å²) in [5, 5.41) is 10.0. The van der Waals surface area contributed by atoms with E-state index >= 15 is 0 Å². The molecule has 0 saturated heterocycles. The molecule has 3 fully saturated rings. The van der Waals surface area contributed by atoms with Crippen LogP contribution < -0.4 is 0 Å². The lowest BCUT2D eigenvalue weighted by atomic mass is 9.47. The van der Waals surface area contributed by atoms with E-state index in [0.717, 1.165) is 49.9 Å². The molecule has 2 heteroatoms. The third-order valence-corrected chi connectivity index (χ3v) is 7.50. The average molecular weight is 288 g/mol. The molecule has 6 atom stereocenters. The quantitative estimate of drug-likeness (QED) is 0.734. The molecular formula is C19H28O2. The Hall–Kier alpha value is -0.630. The Morgan fingerprint density at radius 3 is 2.86 bits per heavy atom. The van der Waals surface area contributed by atoms with E-state index in [-0.39, 0.29) is 6.10 Å². The SMILES string of the molecule is C[C@]12CC[C@H](O)C[C@@H]1CC[C@@H]1[C@@H]3CCC(=O)C=C3CC[C@@H]12. The highest BCUT2D eigenvalue weighted by atomic mass is 16.3. The summed E-state index contributed by atoms with van der Waals surface area (Å²) >= 11 is 0. The number of fused-ring (bicyclic) bond motifs is 5. The molecule has 0 aromatic rings. The van der Waals surface area contributed by atoms with Gasteiger partial charge in [-0.1, -0.05) is 12.5 Å². The summed E-state index contributed by atoms with van der Waals surface area (Å²) in [6, 6.07) is 0. The third-order valence-electron chi connectivity index (χ3n) is 7.50. The van der Waals surface area contributed by atoms with Crippen molar-refractivity contribution in [3.05, 3.63) is 11.6 Å². The van der Waals surface area contributed by atoms with E-state index in [4.69, 9.17) is 0 Å². The summed E-state index contributed by atoms with van der Waals surface area (Å²) < 4.78 is 0. The van der Waals surface area contributed by atoms with Crippen molar-refractivity contribution in [1.29, 1.82) is 0 Å². The normalized spacial score (nSPS) is 49.7. The molecule has 0 bridgehead atoms. The second-order valence-corrected chi connectivity index (χ2v) is 8.35. The van der Waals surface area contributed by atoms with Crippen LogP contribution in [0.3, 0.4) is 0 Å². The molecule has 0 radical (unpaired) electrons. The van der Waals surface area contributed by atoms with Crippen molar-refractivity contribution in [1.82, 2.24) is 0 Å². The van der Waals surface area contributed by atoms with Gasteiger partial charge in [0.1, 0.15) is 0 Å². The van der Waals surface area contributed by atoms with Crippen LogP contribution in [0.5, 0.6) is 0 Å². The van der Waals surface area contributed by atoms with Gasteiger partial charge in [0.25, 0.3) is 0 Å². The van der Waals surface area contributed by atoms with Crippen molar-refractivity contribution in [3.63, 3.8) is 0 Å². The number of hydrogen-bond acceptors (Lipinski definition) is 2. The summed E-state index contributed by atoms with van der Waals surface area (Å²) in [5.41, 5.74) is 1.93. The van der Waals surface area contributed by atoms with Crippen LogP contribution in [0.1, 0.15) is 64.7 Å². The highest BCUT2D eigenvalue weighted by Crippen LogP contribution is 2.61. The fourth-order valence-corrected chi connectivity index (χ4v) is 6.38. The van der Waals surface area contributed by atoms with E-state index in [9.17, 15) is 9.90 Å². The van der Waals surface area contributed by atoms with Crippen molar-refractivity contribution in [2.75, 3.05) is 0 Å². The summed E-state index contributed by atoms with van der Waals surface area (Å²) in [6.07, 6.45) is 12.1. The van der Waals surface area contributed by atoms with Gasteiger partial charge < -0.3 is 5.11 Å². The van der Waals surface area contributed by atoms with Crippen LogP contribution in [0, 0.1) is 29.1 Å². The smallest absolute Gasteiger partial charge is 0.155 e. The summed E-state index contributed by atoms with van der Waals surface area (Å²) in [7, 11) is 0. The highest BCUT2D eigenvalue weighted by molar-refractivity contribution is 5.91. The van der Waals surface area contributed by atoms with Crippen molar-refractivity contribution in [2.45, 2.75) is 70.8 Å². The number of allylic oxidation sites excluding steroid dienone is 2. The Balaban J connectivity index is 1.62. The van der Waals surface area contributed by atoms with Gasteiger partial charge in [-0.15, -0.1) is 0 Å². The fourth-order valence-electron chi connectivity index (χ4n) is 6.38. The van der Waals surface area contributed by atoms with Crippen molar-refractivity contribution in [3.8, 4) is 0 Å². The first kappa shape index (κ1) is 14.0. The first-order valence-electron chi connectivity index (χ1n) is 8.99. The Kier molecular flexibility index (Phi) is 3.29. The zero-order chi connectivity index (χ0) is 14.6. The Bertz CT molecular complexity index is 480. The lowest BCUT2D eigenvalue weighted by Crippen LogP contribution is -2.51. The Morgan fingerprint density at radius 2 is 2.00 bits per heavy atom. The largest absolute Gasteiger partial charge is 0.393 e. The van der Waals surface area contributed by atoms with Crippen LogP contribution >= 0.6 is 0 Å². The molecule has 3 saturated carbocycles. The van der Waals surface area contributed by atoms with E-state index in [1.54, 1.807) is 0 Å². The fraction of sp³-hybridized carbons (Fsp3) is 0.842. The number of carbonyl (C=O) groups excluding carboxylic acids is 1. The molecule has 0 unspecified atom stereocenters. The van der Waals surface area contributed by atoms with E-state index in [1.165, 1.54) is 31.3 Å². The summed E-state index contributed by atoms with van der Waals surface area (Å²) in [6.45, 7) is 2.52. The number of ketones is 1. The van der Waals surface area contributed by atoms with Gasteiger partial charge in [-0.25, -0.2) is 0 Å². The van der Waals surface area contributed by atoms with E-state index in [1.807, 2.05) is 6.08 Å². The molecule has 0 spiro atoms. The van der Waals surface area contributed by atoms with Crippen LogP contribution in [-0.2, 0) is 4.79 Å². The second kappa shape index (κ2) is 4.94. The highest BCUT2D eigenvalue weighted by Gasteiger charge is 2.53. The minimum absolute atomic E-state index is 0.0500. The molecule has 4 rings (SSSR count). The lowest BCUT2D eigenvalue weighted by Gasteiger charge is -2.58. The van der Waals surface area contributed by atoms with Crippen LogP contribution in [-0.4, -0.2) is 17.0 Å². The second-order valence-electron chi connectivity index (χ2n) is 8.35. The topological polar surface area (TPSA) is 37.3 Å². The van der Waals surface area contributed by atoms with Crippen LogP contribution in [0.4, 0.5) is 0 Å². The molecule has 4 aliphatic carbocycles. The number of hydrogen-bond donors (Lipinski definition) is 1. The van der Waals surface area contributed by atoms with Gasteiger partial charge >= 0.3 is 0 Å². The molecule has 0 aliphatic heterocycles. The van der Waals surface area contributed by atoms with Gasteiger partial charge in [-0.2, -0.15) is 0 Å². The van der Waals surface area contributed by atoms with Gasteiger partial charge in [-0.05, 0) is 86.5 Å². The lowest BCUT2D eigenvalue weighted by molar-refractivity contribution is -0.117. The number of carbonyl (C=O) groups is 1. The van der Waals surface area contributed by atoms with Crippen molar-refractivity contribution >= 4 is 5.78 Å². The summed E-state index contributed by atoms with van der Waals surface area (Å²) in [5.74, 6) is 3.44. The van der Waals surface area contributed by atoms with Crippen molar-refractivity contribution in [2.24, 2.45) is 29.1 Å².